The SMILES string of the molecule is Cc1nccc(N2CCCC(CO)C2)n1. The summed E-state index contributed by atoms with van der Waals surface area (Å²) in [6.45, 7) is 4.12. The molecule has 0 spiro atoms. The van der Waals surface area contributed by atoms with Gasteiger partial charge in [0.25, 0.3) is 0 Å². The predicted octanol–water partition coefficient (Wildman–Crippen LogP) is 0.994. The number of aliphatic hydroxyl groups excluding tert-OH is 1. The second-order valence-electron chi connectivity index (χ2n) is 4.10. The van der Waals surface area contributed by atoms with Gasteiger partial charge in [0.15, 0.2) is 0 Å². The van der Waals surface area contributed by atoms with Crippen LogP contribution in [-0.4, -0.2) is 34.8 Å². The molecule has 0 bridgehead atoms. The molecule has 0 amide bonds. The number of hydrogen-bond acceptors (Lipinski definition) is 4. The third-order valence-electron chi connectivity index (χ3n) is 2.86. The van der Waals surface area contributed by atoms with Crippen molar-refractivity contribution in [3.8, 4) is 0 Å². The van der Waals surface area contributed by atoms with Crippen molar-refractivity contribution in [1.82, 2.24) is 9.97 Å². The number of anilines is 1. The molecule has 1 aromatic rings. The normalized spacial score (nSPS) is 21.7. The van der Waals surface area contributed by atoms with Gasteiger partial charge in [0.05, 0.1) is 0 Å². The number of rotatable bonds is 2. The molecular weight excluding hydrogens is 190 g/mol. The highest BCUT2D eigenvalue weighted by atomic mass is 16.3. The van der Waals surface area contributed by atoms with Crippen LogP contribution in [0.5, 0.6) is 0 Å². The summed E-state index contributed by atoms with van der Waals surface area (Å²) in [5.74, 6) is 2.19. The van der Waals surface area contributed by atoms with Crippen LogP contribution < -0.4 is 4.90 Å². The molecule has 2 rings (SSSR count). The summed E-state index contributed by atoms with van der Waals surface area (Å²) in [5, 5.41) is 9.15. The van der Waals surface area contributed by atoms with Crippen LogP contribution >= 0.6 is 0 Å². The van der Waals surface area contributed by atoms with Crippen LogP contribution in [-0.2, 0) is 0 Å². The third-order valence-corrected chi connectivity index (χ3v) is 2.86. The second kappa shape index (κ2) is 4.57. The average Bonchev–Trinajstić information content (AvgIpc) is 2.29. The molecule has 1 aliphatic heterocycles. The summed E-state index contributed by atoms with van der Waals surface area (Å²) in [4.78, 5) is 10.7. The minimum absolute atomic E-state index is 0.278. The number of piperidine rings is 1. The number of aliphatic hydroxyl groups is 1. The van der Waals surface area contributed by atoms with Crippen LogP contribution in [0, 0.1) is 12.8 Å². The van der Waals surface area contributed by atoms with Gasteiger partial charge in [-0.2, -0.15) is 0 Å². The van der Waals surface area contributed by atoms with Gasteiger partial charge in [-0.3, -0.25) is 0 Å². The van der Waals surface area contributed by atoms with Crippen molar-refractivity contribution in [2.75, 3.05) is 24.6 Å². The van der Waals surface area contributed by atoms with Gasteiger partial charge in [-0.05, 0) is 31.7 Å². The van der Waals surface area contributed by atoms with E-state index in [0.29, 0.717) is 5.92 Å². The summed E-state index contributed by atoms with van der Waals surface area (Å²) in [5.41, 5.74) is 0. The molecule has 1 atom stereocenters. The van der Waals surface area contributed by atoms with E-state index >= 15 is 0 Å². The third kappa shape index (κ3) is 2.45. The summed E-state index contributed by atoms with van der Waals surface area (Å²) in [6.07, 6.45) is 4.05. The Kier molecular flexibility index (Phi) is 3.16. The number of aromatic nitrogens is 2. The van der Waals surface area contributed by atoms with Crippen molar-refractivity contribution in [3.05, 3.63) is 18.1 Å². The van der Waals surface area contributed by atoms with Gasteiger partial charge < -0.3 is 10.0 Å². The zero-order valence-corrected chi connectivity index (χ0v) is 9.06. The Morgan fingerprint density at radius 3 is 3.20 bits per heavy atom. The maximum Gasteiger partial charge on any atom is 0.132 e. The highest BCUT2D eigenvalue weighted by Gasteiger charge is 2.20. The van der Waals surface area contributed by atoms with Gasteiger partial charge in [0.1, 0.15) is 11.6 Å². The first-order valence-corrected chi connectivity index (χ1v) is 5.45. The average molecular weight is 207 g/mol. The maximum atomic E-state index is 9.15. The van der Waals surface area contributed by atoms with Crippen molar-refractivity contribution < 1.29 is 5.11 Å². The molecule has 0 aliphatic carbocycles. The molecule has 82 valence electrons. The lowest BCUT2D eigenvalue weighted by Gasteiger charge is -2.32. The highest BCUT2D eigenvalue weighted by molar-refractivity contribution is 5.37. The smallest absolute Gasteiger partial charge is 0.132 e. The van der Waals surface area contributed by atoms with Crippen LogP contribution in [0.1, 0.15) is 18.7 Å². The van der Waals surface area contributed by atoms with Crippen LogP contribution in [0.4, 0.5) is 5.82 Å². The number of hydrogen-bond donors (Lipinski definition) is 1. The Morgan fingerprint density at radius 2 is 2.47 bits per heavy atom. The highest BCUT2D eigenvalue weighted by Crippen LogP contribution is 2.20. The predicted molar refractivity (Wildman–Crippen MR) is 58.8 cm³/mol. The molecule has 4 heteroatoms. The minimum Gasteiger partial charge on any atom is -0.396 e. The van der Waals surface area contributed by atoms with Gasteiger partial charge in [-0.25, -0.2) is 9.97 Å². The van der Waals surface area contributed by atoms with Gasteiger partial charge >= 0.3 is 0 Å². The molecule has 1 saturated heterocycles. The molecule has 0 saturated carbocycles. The van der Waals surface area contributed by atoms with E-state index < -0.39 is 0 Å². The summed E-state index contributed by atoms with van der Waals surface area (Å²) in [7, 11) is 0. The lowest BCUT2D eigenvalue weighted by Crippen LogP contribution is -2.37. The van der Waals surface area contributed by atoms with E-state index in [1.807, 2.05) is 13.0 Å². The molecule has 1 N–H and O–H groups in total. The van der Waals surface area contributed by atoms with Gasteiger partial charge in [0.2, 0.25) is 0 Å². The van der Waals surface area contributed by atoms with Crippen molar-refractivity contribution >= 4 is 5.82 Å². The van der Waals surface area contributed by atoms with Crippen LogP contribution in [0.2, 0.25) is 0 Å². The lowest BCUT2D eigenvalue weighted by atomic mass is 9.99. The molecule has 0 aromatic carbocycles. The van der Waals surface area contributed by atoms with Crippen molar-refractivity contribution in [3.63, 3.8) is 0 Å². The fraction of sp³-hybridized carbons (Fsp3) is 0.636. The summed E-state index contributed by atoms with van der Waals surface area (Å²) in [6, 6.07) is 1.94. The molecule has 1 unspecified atom stereocenters. The molecular formula is C11H17N3O. The molecule has 1 aromatic heterocycles. The largest absolute Gasteiger partial charge is 0.396 e. The summed E-state index contributed by atoms with van der Waals surface area (Å²) < 4.78 is 0. The zero-order chi connectivity index (χ0) is 10.7. The topological polar surface area (TPSA) is 49.2 Å². The molecule has 1 aliphatic rings. The number of aryl methyl sites for hydroxylation is 1. The Labute approximate surface area is 90.0 Å². The second-order valence-corrected chi connectivity index (χ2v) is 4.10. The Bertz CT molecular complexity index is 329. The zero-order valence-electron chi connectivity index (χ0n) is 9.06. The van der Waals surface area contributed by atoms with E-state index in [1.165, 1.54) is 0 Å². The van der Waals surface area contributed by atoms with Crippen molar-refractivity contribution in [2.45, 2.75) is 19.8 Å². The van der Waals surface area contributed by atoms with Crippen LogP contribution in [0.3, 0.4) is 0 Å². The molecule has 2 heterocycles. The fourth-order valence-electron chi connectivity index (χ4n) is 2.04. The van der Waals surface area contributed by atoms with Crippen molar-refractivity contribution in [1.29, 1.82) is 0 Å². The van der Waals surface area contributed by atoms with E-state index in [2.05, 4.69) is 14.9 Å². The lowest BCUT2D eigenvalue weighted by molar-refractivity contribution is 0.208. The molecule has 1 fully saturated rings. The Hall–Kier alpha value is -1.16. The standard InChI is InChI=1S/C11H17N3O/c1-9-12-5-4-11(13-9)14-6-2-3-10(7-14)8-15/h4-5,10,15H,2-3,6-8H2,1H3. The monoisotopic (exact) mass is 207 g/mol. The Balaban J connectivity index is 2.09. The van der Waals surface area contributed by atoms with Crippen LogP contribution in [0.15, 0.2) is 12.3 Å². The first-order valence-electron chi connectivity index (χ1n) is 5.45. The first kappa shape index (κ1) is 10.4. The van der Waals surface area contributed by atoms with E-state index in [4.69, 9.17) is 5.11 Å². The van der Waals surface area contributed by atoms with E-state index in [1.54, 1.807) is 6.20 Å². The Morgan fingerprint density at radius 1 is 1.60 bits per heavy atom. The fourth-order valence-corrected chi connectivity index (χ4v) is 2.04. The van der Waals surface area contributed by atoms with Gasteiger partial charge in [0, 0.05) is 25.9 Å². The summed E-state index contributed by atoms with van der Waals surface area (Å²) >= 11 is 0. The van der Waals surface area contributed by atoms with E-state index in [9.17, 15) is 0 Å². The first-order chi connectivity index (χ1) is 7.29. The van der Waals surface area contributed by atoms with Gasteiger partial charge in [-0.1, -0.05) is 0 Å². The number of nitrogens with zero attached hydrogens (tertiary/aromatic N) is 3. The quantitative estimate of drug-likeness (QED) is 0.785. The molecule has 0 radical (unpaired) electrons. The minimum atomic E-state index is 0.278. The molecule has 15 heavy (non-hydrogen) atoms. The van der Waals surface area contributed by atoms with Crippen LogP contribution in [0.25, 0.3) is 0 Å². The van der Waals surface area contributed by atoms with Crippen molar-refractivity contribution in [2.24, 2.45) is 5.92 Å². The van der Waals surface area contributed by atoms with E-state index in [-0.39, 0.29) is 6.61 Å². The van der Waals surface area contributed by atoms with Gasteiger partial charge in [-0.15, -0.1) is 0 Å². The maximum absolute atomic E-state index is 9.15. The van der Waals surface area contributed by atoms with E-state index in [0.717, 1.165) is 37.6 Å². The molecule has 4 nitrogen and oxygen atoms in total.